The summed E-state index contributed by atoms with van der Waals surface area (Å²) >= 11 is 0. The molecule has 2 fully saturated rings. The van der Waals surface area contributed by atoms with Crippen LogP contribution in [0.5, 0.6) is 0 Å². The number of ketones is 2. The zero-order valence-electron chi connectivity index (χ0n) is 21.3. The standard InChI is InChI=1S/C29H33N3O4/c1-18-12-23(24-5-4-20(16-30)17-31-24)13-19(2)28(18)29-25(33)14-22(15-26(29)34)21-6-9-32(10-7-21)27(35)8-11-36-3/h4-5,12-13,17,21-22,29H,6-11,14-15H2,1-3H3. The first-order chi connectivity index (χ1) is 17.3. The number of hydrogen-bond donors (Lipinski definition) is 0. The molecule has 2 heterocycles. The first-order valence-corrected chi connectivity index (χ1v) is 12.6. The number of amides is 1. The number of piperidine rings is 1. The normalized spacial score (nSPS) is 20.9. The summed E-state index contributed by atoms with van der Waals surface area (Å²) in [6, 6.07) is 9.56. The fraction of sp³-hybridized carbons (Fsp3) is 0.483. The molecule has 0 spiro atoms. The van der Waals surface area contributed by atoms with Gasteiger partial charge in [-0.3, -0.25) is 19.4 Å². The molecule has 1 aliphatic carbocycles. The Labute approximate surface area is 212 Å². The highest BCUT2D eigenvalue weighted by atomic mass is 16.5. The van der Waals surface area contributed by atoms with E-state index in [9.17, 15) is 14.4 Å². The molecule has 1 aromatic carbocycles. The van der Waals surface area contributed by atoms with Crippen LogP contribution in [0.2, 0.25) is 0 Å². The second kappa shape index (κ2) is 11.1. The maximum Gasteiger partial charge on any atom is 0.224 e. The van der Waals surface area contributed by atoms with Crippen LogP contribution < -0.4 is 0 Å². The van der Waals surface area contributed by atoms with E-state index in [1.54, 1.807) is 19.4 Å². The Kier molecular flexibility index (Phi) is 7.95. The Morgan fingerprint density at radius 2 is 1.72 bits per heavy atom. The second-order valence-corrected chi connectivity index (χ2v) is 10.1. The Morgan fingerprint density at radius 3 is 2.25 bits per heavy atom. The van der Waals surface area contributed by atoms with Gasteiger partial charge in [-0.05, 0) is 79.5 Å². The first kappa shape index (κ1) is 25.7. The molecule has 7 nitrogen and oxygen atoms in total. The lowest BCUT2D eigenvalue weighted by Crippen LogP contribution is -2.43. The maximum absolute atomic E-state index is 13.3. The molecule has 2 aromatic rings. The van der Waals surface area contributed by atoms with Crippen molar-refractivity contribution < 1.29 is 19.1 Å². The third kappa shape index (κ3) is 5.39. The van der Waals surface area contributed by atoms with Gasteiger partial charge in [-0.1, -0.05) is 0 Å². The second-order valence-electron chi connectivity index (χ2n) is 10.1. The van der Waals surface area contributed by atoms with Gasteiger partial charge in [0.05, 0.1) is 24.3 Å². The third-order valence-corrected chi connectivity index (χ3v) is 7.72. The summed E-state index contributed by atoms with van der Waals surface area (Å²) in [4.78, 5) is 45.2. The van der Waals surface area contributed by atoms with Crippen molar-refractivity contribution >= 4 is 17.5 Å². The van der Waals surface area contributed by atoms with Crippen LogP contribution in [0.25, 0.3) is 11.3 Å². The Hall–Kier alpha value is -3.37. The Bertz CT molecular complexity index is 1150. The highest BCUT2D eigenvalue weighted by Gasteiger charge is 2.41. The lowest BCUT2D eigenvalue weighted by atomic mass is 9.69. The zero-order valence-corrected chi connectivity index (χ0v) is 21.3. The molecule has 4 rings (SSSR count). The molecule has 0 unspecified atom stereocenters. The van der Waals surface area contributed by atoms with Gasteiger partial charge in [0.25, 0.3) is 0 Å². The molecule has 1 saturated heterocycles. The van der Waals surface area contributed by atoms with E-state index in [0.29, 0.717) is 44.5 Å². The van der Waals surface area contributed by atoms with E-state index in [0.717, 1.165) is 40.8 Å². The molecule has 36 heavy (non-hydrogen) atoms. The number of nitriles is 1. The summed E-state index contributed by atoms with van der Waals surface area (Å²) < 4.78 is 5.01. The molecule has 2 aliphatic rings. The number of pyridine rings is 1. The van der Waals surface area contributed by atoms with Crippen molar-refractivity contribution in [3.8, 4) is 17.3 Å². The minimum Gasteiger partial charge on any atom is -0.384 e. The van der Waals surface area contributed by atoms with E-state index in [1.807, 2.05) is 36.9 Å². The predicted octanol–water partition coefficient (Wildman–Crippen LogP) is 4.14. The van der Waals surface area contributed by atoms with Gasteiger partial charge in [0, 0.05) is 44.8 Å². The number of benzene rings is 1. The Morgan fingerprint density at radius 1 is 1.08 bits per heavy atom. The molecule has 0 atom stereocenters. The summed E-state index contributed by atoms with van der Waals surface area (Å²) in [7, 11) is 1.59. The average Bonchev–Trinajstić information content (AvgIpc) is 2.88. The van der Waals surface area contributed by atoms with E-state index < -0.39 is 5.92 Å². The smallest absolute Gasteiger partial charge is 0.224 e. The molecular weight excluding hydrogens is 454 g/mol. The first-order valence-electron chi connectivity index (χ1n) is 12.6. The van der Waals surface area contributed by atoms with Gasteiger partial charge < -0.3 is 9.64 Å². The fourth-order valence-corrected chi connectivity index (χ4v) is 5.84. The topological polar surface area (TPSA) is 100 Å². The van der Waals surface area contributed by atoms with Crippen LogP contribution in [0.4, 0.5) is 0 Å². The zero-order chi connectivity index (χ0) is 25.8. The summed E-state index contributed by atoms with van der Waals surface area (Å²) in [5, 5.41) is 9.01. The molecule has 0 radical (unpaired) electrons. The molecule has 1 aliphatic heterocycles. The van der Waals surface area contributed by atoms with Crippen LogP contribution in [0, 0.1) is 37.0 Å². The number of carbonyl (C=O) groups is 3. The van der Waals surface area contributed by atoms with Crippen LogP contribution in [0.3, 0.4) is 0 Å². The number of hydrogen-bond acceptors (Lipinski definition) is 6. The highest BCUT2D eigenvalue weighted by molar-refractivity contribution is 6.10. The summed E-state index contributed by atoms with van der Waals surface area (Å²) in [5.74, 6) is -0.245. The van der Waals surface area contributed by atoms with Gasteiger partial charge in [0.2, 0.25) is 5.91 Å². The van der Waals surface area contributed by atoms with Crippen molar-refractivity contribution in [1.29, 1.82) is 5.26 Å². The summed E-state index contributed by atoms with van der Waals surface area (Å²) in [6.45, 7) is 5.67. The molecule has 1 aromatic heterocycles. The van der Waals surface area contributed by atoms with E-state index in [1.165, 1.54) is 0 Å². The fourth-order valence-electron chi connectivity index (χ4n) is 5.84. The average molecular weight is 488 g/mol. The van der Waals surface area contributed by atoms with Gasteiger partial charge in [-0.2, -0.15) is 5.26 Å². The van der Waals surface area contributed by atoms with E-state index >= 15 is 0 Å². The summed E-state index contributed by atoms with van der Waals surface area (Å²) in [6.07, 6.45) is 4.43. The number of ether oxygens (including phenoxy) is 1. The van der Waals surface area contributed by atoms with Gasteiger partial charge in [0.15, 0.2) is 0 Å². The number of carbonyl (C=O) groups excluding carboxylic acids is 3. The highest BCUT2D eigenvalue weighted by Crippen LogP contribution is 2.40. The van der Waals surface area contributed by atoms with E-state index in [4.69, 9.17) is 10.00 Å². The number of likely N-dealkylation sites (tertiary alicyclic amines) is 1. The number of rotatable bonds is 6. The van der Waals surface area contributed by atoms with Crippen molar-refractivity contribution in [2.45, 2.75) is 51.9 Å². The predicted molar refractivity (Wildman–Crippen MR) is 135 cm³/mol. The van der Waals surface area contributed by atoms with Crippen molar-refractivity contribution in [2.75, 3.05) is 26.8 Å². The van der Waals surface area contributed by atoms with Crippen LogP contribution in [0.15, 0.2) is 30.5 Å². The van der Waals surface area contributed by atoms with Crippen LogP contribution in [-0.4, -0.2) is 54.2 Å². The van der Waals surface area contributed by atoms with Crippen LogP contribution in [0.1, 0.15) is 60.3 Å². The number of aromatic nitrogens is 1. The molecule has 0 bridgehead atoms. The number of Topliss-reactive ketones (excluding diaryl/α,β-unsaturated/α-hetero) is 2. The van der Waals surface area contributed by atoms with Crippen LogP contribution >= 0.6 is 0 Å². The molecular formula is C29H33N3O4. The number of methoxy groups -OCH3 is 1. The van der Waals surface area contributed by atoms with Gasteiger partial charge in [0.1, 0.15) is 23.6 Å². The SMILES string of the molecule is COCCC(=O)N1CCC(C2CC(=O)C(c3c(C)cc(-c4ccc(C#N)cn4)cc3C)C(=O)C2)CC1. The van der Waals surface area contributed by atoms with Crippen molar-refractivity contribution in [2.24, 2.45) is 11.8 Å². The largest absolute Gasteiger partial charge is 0.384 e. The monoisotopic (exact) mass is 487 g/mol. The Balaban J connectivity index is 1.44. The lowest BCUT2D eigenvalue weighted by Gasteiger charge is -2.38. The van der Waals surface area contributed by atoms with Crippen molar-refractivity contribution in [3.05, 3.63) is 52.7 Å². The lowest BCUT2D eigenvalue weighted by molar-refractivity contribution is -0.137. The molecule has 1 amide bonds. The minimum atomic E-state index is -0.708. The molecule has 188 valence electrons. The van der Waals surface area contributed by atoms with Crippen molar-refractivity contribution in [1.82, 2.24) is 9.88 Å². The number of aryl methyl sites for hydroxylation is 2. The van der Waals surface area contributed by atoms with E-state index in [2.05, 4.69) is 11.1 Å². The third-order valence-electron chi connectivity index (χ3n) is 7.72. The molecule has 7 heteroatoms. The molecule has 1 saturated carbocycles. The van der Waals surface area contributed by atoms with Gasteiger partial charge >= 0.3 is 0 Å². The van der Waals surface area contributed by atoms with Gasteiger partial charge in [-0.25, -0.2) is 0 Å². The summed E-state index contributed by atoms with van der Waals surface area (Å²) in [5.41, 5.74) is 4.78. The van der Waals surface area contributed by atoms with Crippen LogP contribution in [-0.2, 0) is 19.1 Å². The number of nitrogens with zero attached hydrogens (tertiary/aromatic N) is 3. The maximum atomic E-state index is 13.3. The molecule has 0 N–H and O–H groups in total. The van der Waals surface area contributed by atoms with Gasteiger partial charge in [-0.15, -0.1) is 0 Å². The quantitative estimate of drug-likeness (QED) is 0.568. The van der Waals surface area contributed by atoms with E-state index in [-0.39, 0.29) is 29.3 Å². The van der Waals surface area contributed by atoms with Crippen molar-refractivity contribution in [3.63, 3.8) is 0 Å². The minimum absolute atomic E-state index is 0.00491.